The normalized spacial score (nSPS) is 17.5. The Hall–Kier alpha value is -1.39. The van der Waals surface area contributed by atoms with E-state index in [1.54, 1.807) is 11.3 Å². The van der Waals surface area contributed by atoms with E-state index in [0.29, 0.717) is 12.6 Å². The summed E-state index contributed by atoms with van der Waals surface area (Å²) >= 11 is 1.67. The van der Waals surface area contributed by atoms with Crippen molar-refractivity contribution < 1.29 is 4.74 Å². The topological polar surface area (TPSA) is 34.1 Å². The summed E-state index contributed by atoms with van der Waals surface area (Å²) in [5.41, 5.74) is 3.89. The van der Waals surface area contributed by atoms with Gasteiger partial charge < -0.3 is 10.1 Å². The summed E-state index contributed by atoms with van der Waals surface area (Å²) in [4.78, 5) is 4.44. The molecule has 0 saturated carbocycles. The van der Waals surface area contributed by atoms with E-state index < -0.39 is 0 Å². The Morgan fingerprint density at radius 1 is 1.43 bits per heavy atom. The van der Waals surface area contributed by atoms with Crippen LogP contribution in [0.15, 0.2) is 23.6 Å². The molecule has 0 spiro atoms. The molecule has 1 aromatic carbocycles. The number of thiazole rings is 1. The van der Waals surface area contributed by atoms with Crippen LogP contribution in [-0.4, -0.2) is 11.5 Å². The number of nitrogens with zero attached hydrogens (tertiary/aromatic N) is 1. The van der Waals surface area contributed by atoms with Crippen LogP contribution in [0.1, 0.15) is 47.6 Å². The van der Waals surface area contributed by atoms with Crippen LogP contribution < -0.4 is 10.1 Å². The van der Waals surface area contributed by atoms with Crippen LogP contribution >= 0.6 is 11.3 Å². The number of hydrogen-bond acceptors (Lipinski definition) is 4. The van der Waals surface area contributed by atoms with Gasteiger partial charge in [0, 0.05) is 11.4 Å². The van der Waals surface area contributed by atoms with Gasteiger partial charge in [-0.15, -0.1) is 11.3 Å². The second-order valence-corrected chi connectivity index (χ2v) is 6.57. The largest absolute Gasteiger partial charge is 0.487 e. The van der Waals surface area contributed by atoms with Gasteiger partial charge in [-0.05, 0) is 56.0 Å². The van der Waals surface area contributed by atoms with Crippen LogP contribution in [0.4, 0.5) is 0 Å². The molecule has 0 amide bonds. The van der Waals surface area contributed by atoms with Crippen LogP contribution in [0.25, 0.3) is 0 Å². The third-order valence-corrected chi connectivity index (χ3v) is 4.76. The fourth-order valence-corrected chi connectivity index (χ4v) is 3.55. The average Bonchev–Trinajstić information content (AvgIpc) is 2.91. The number of aryl methyl sites for hydroxylation is 2. The fraction of sp³-hybridized carbons (Fsp3) is 0.471. The van der Waals surface area contributed by atoms with E-state index in [0.717, 1.165) is 23.0 Å². The van der Waals surface area contributed by atoms with Gasteiger partial charge in [0.15, 0.2) is 0 Å². The van der Waals surface area contributed by atoms with E-state index in [1.165, 1.54) is 30.4 Å². The summed E-state index contributed by atoms with van der Waals surface area (Å²) in [6.07, 6.45) is 3.67. The first-order valence-electron chi connectivity index (χ1n) is 7.66. The lowest BCUT2D eigenvalue weighted by atomic mass is 9.87. The van der Waals surface area contributed by atoms with Crippen molar-refractivity contribution in [2.75, 3.05) is 6.54 Å². The molecule has 0 fully saturated rings. The molecule has 3 rings (SSSR count). The first-order chi connectivity index (χ1) is 10.3. The number of nitrogens with one attached hydrogen (secondary N) is 1. The van der Waals surface area contributed by atoms with Crippen molar-refractivity contribution in [2.24, 2.45) is 0 Å². The molecule has 1 aromatic heterocycles. The highest BCUT2D eigenvalue weighted by atomic mass is 32.1. The fourth-order valence-electron chi connectivity index (χ4n) is 2.96. The molecule has 1 aliphatic rings. The smallest absolute Gasteiger partial charge is 0.131 e. The van der Waals surface area contributed by atoms with E-state index in [-0.39, 0.29) is 0 Å². The molecular weight excluding hydrogens is 280 g/mol. The molecular formula is C17H22N2OS. The third kappa shape index (κ3) is 3.44. The molecule has 2 aromatic rings. The Kier molecular flexibility index (Phi) is 4.56. The zero-order valence-corrected chi connectivity index (χ0v) is 13.5. The molecule has 1 N–H and O–H groups in total. The molecule has 0 aliphatic heterocycles. The summed E-state index contributed by atoms with van der Waals surface area (Å²) in [7, 11) is 0. The van der Waals surface area contributed by atoms with Crippen LogP contribution in [0, 0.1) is 6.92 Å². The van der Waals surface area contributed by atoms with Crippen LogP contribution in [-0.2, 0) is 13.0 Å². The van der Waals surface area contributed by atoms with Crippen molar-refractivity contribution in [1.29, 1.82) is 0 Å². The second-order valence-electron chi connectivity index (χ2n) is 5.51. The van der Waals surface area contributed by atoms with Gasteiger partial charge in [0.2, 0.25) is 0 Å². The van der Waals surface area contributed by atoms with Gasteiger partial charge in [0.05, 0.1) is 10.7 Å². The van der Waals surface area contributed by atoms with E-state index in [4.69, 9.17) is 4.74 Å². The Balaban J connectivity index is 1.73. The number of hydrogen-bond donors (Lipinski definition) is 1. The van der Waals surface area contributed by atoms with Crippen molar-refractivity contribution in [2.45, 2.75) is 45.8 Å². The predicted octanol–water partition coefficient (Wildman–Crippen LogP) is 4.02. The number of benzene rings is 1. The standard InChI is InChI=1S/C17H22N2OS/c1-3-18-17-6-4-5-13-7-8-15(9-16(13)17)20-10-14-11-21-12(2)19-14/h7-9,11,17-18H,3-6,10H2,1-2H3. The predicted molar refractivity (Wildman–Crippen MR) is 87.0 cm³/mol. The average molecular weight is 302 g/mol. The van der Waals surface area contributed by atoms with E-state index in [9.17, 15) is 0 Å². The third-order valence-electron chi connectivity index (χ3n) is 3.94. The van der Waals surface area contributed by atoms with Crippen molar-refractivity contribution in [3.8, 4) is 5.75 Å². The van der Waals surface area contributed by atoms with Gasteiger partial charge in [-0.3, -0.25) is 0 Å². The molecule has 1 aliphatic carbocycles. The first kappa shape index (κ1) is 14.5. The number of rotatable bonds is 5. The molecule has 112 valence electrons. The van der Waals surface area contributed by atoms with Gasteiger partial charge in [-0.25, -0.2) is 4.98 Å². The molecule has 3 nitrogen and oxygen atoms in total. The molecule has 1 atom stereocenters. The molecule has 0 bridgehead atoms. The van der Waals surface area contributed by atoms with Gasteiger partial charge >= 0.3 is 0 Å². The quantitative estimate of drug-likeness (QED) is 0.906. The zero-order valence-electron chi connectivity index (χ0n) is 12.7. The van der Waals surface area contributed by atoms with Crippen LogP contribution in [0.2, 0.25) is 0 Å². The monoisotopic (exact) mass is 302 g/mol. The molecule has 21 heavy (non-hydrogen) atoms. The summed E-state index contributed by atoms with van der Waals surface area (Å²) in [5.74, 6) is 0.948. The maximum atomic E-state index is 5.91. The van der Waals surface area contributed by atoms with E-state index in [1.807, 2.05) is 6.92 Å². The maximum absolute atomic E-state index is 5.91. The van der Waals surface area contributed by atoms with Gasteiger partial charge in [-0.2, -0.15) is 0 Å². The number of fused-ring (bicyclic) bond motifs is 1. The number of ether oxygens (including phenoxy) is 1. The van der Waals surface area contributed by atoms with Crippen molar-refractivity contribution in [3.63, 3.8) is 0 Å². The molecule has 4 heteroatoms. The summed E-state index contributed by atoms with van der Waals surface area (Å²) in [5, 5.41) is 6.73. The highest BCUT2D eigenvalue weighted by Crippen LogP contribution is 2.32. The van der Waals surface area contributed by atoms with Crippen molar-refractivity contribution in [1.82, 2.24) is 10.3 Å². The minimum absolute atomic E-state index is 0.476. The summed E-state index contributed by atoms with van der Waals surface area (Å²) < 4.78 is 5.91. The lowest BCUT2D eigenvalue weighted by Gasteiger charge is -2.26. The second kappa shape index (κ2) is 6.58. The minimum Gasteiger partial charge on any atom is -0.487 e. The van der Waals surface area contributed by atoms with Gasteiger partial charge in [-0.1, -0.05) is 13.0 Å². The Bertz CT molecular complexity index is 609. The molecule has 1 unspecified atom stereocenters. The molecule has 0 radical (unpaired) electrons. The highest BCUT2D eigenvalue weighted by Gasteiger charge is 2.19. The Morgan fingerprint density at radius 2 is 2.33 bits per heavy atom. The van der Waals surface area contributed by atoms with Crippen molar-refractivity contribution >= 4 is 11.3 Å². The number of aromatic nitrogens is 1. The lowest BCUT2D eigenvalue weighted by molar-refractivity contribution is 0.300. The summed E-state index contributed by atoms with van der Waals surface area (Å²) in [6.45, 7) is 5.75. The Labute approximate surface area is 130 Å². The Morgan fingerprint density at radius 3 is 3.10 bits per heavy atom. The van der Waals surface area contributed by atoms with Gasteiger partial charge in [0.25, 0.3) is 0 Å². The molecule has 1 heterocycles. The van der Waals surface area contributed by atoms with Crippen LogP contribution in [0.3, 0.4) is 0 Å². The highest BCUT2D eigenvalue weighted by molar-refractivity contribution is 7.09. The SMILES string of the molecule is CCNC1CCCc2ccc(OCc3csc(C)n3)cc21. The van der Waals surface area contributed by atoms with Crippen LogP contribution in [0.5, 0.6) is 5.75 Å². The van der Waals surface area contributed by atoms with Gasteiger partial charge in [0.1, 0.15) is 12.4 Å². The van der Waals surface area contributed by atoms with E-state index >= 15 is 0 Å². The maximum Gasteiger partial charge on any atom is 0.131 e. The van der Waals surface area contributed by atoms with E-state index in [2.05, 4.69) is 40.8 Å². The summed E-state index contributed by atoms with van der Waals surface area (Å²) in [6, 6.07) is 7.00. The zero-order chi connectivity index (χ0) is 14.7. The minimum atomic E-state index is 0.476. The van der Waals surface area contributed by atoms with Crippen molar-refractivity contribution in [3.05, 3.63) is 45.4 Å². The first-order valence-corrected chi connectivity index (χ1v) is 8.54. The lowest BCUT2D eigenvalue weighted by Crippen LogP contribution is -2.24. The molecule has 0 saturated heterocycles.